The number of benzene rings is 2. The minimum Gasteiger partial charge on any atom is -0.494 e. The molecule has 7 heteroatoms. The van der Waals surface area contributed by atoms with Crippen LogP contribution in [0.4, 0.5) is 5.69 Å². The van der Waals surface area contributed by atoms with Gasteiger partial charge in [0.05, 0.1) is 27.9 Å². The molecular weight excluding hydrogens is 356 g/mol. The summed E-state index contributed by atoms with van der Waals surface area (Å²) < 4.78 is 33.4. The van der Waals surface area contributed by atoms with E-state index < -0.39 is 10.0 Å². The second-order valence-electron chi connectivity index (χ2n) is 5.31. The Morgan fingerprint density at radius 3 is 2.48 bits per heavy atom. The van der Waals surface area contributed by atoms with Crippen LogP contribution in [0.5, 0.6) is 5.75 Å². The van der Waals surface area contributed by atoms with Crippen molar-refractivity contribution in [3.63, 3.8) is 0 Å². The Bertz CT molecular complexity index is 964. The molecule has 0 amide bonds. The van der Waals surface area contributed by atoms with Crippen LogP contribution in [-0.4, -0.2) is 20.0 Å². The minimum absolute atomic E-state index is 0.181. The van der Waals surface area contributed by atoms with Crippen molar-refractivity contribution in [1.29, 1.82) is 0 Å². The molecular formula is C18H18N2O3S2. The molecule has 0 unspecified atom stereocenters. The van der Waals surface area contributed by atoms with E-state index in [0.717, 1.165) is 16.3 Å². The molecule has 1 heterocycles. The molecule has 0 radical (unpaired) electrons. The molecule has 130 valence electrons. The van der Waals surface area contributed by atoms with E-state index in [2.05, 4.69) is 9.71 Å². The molecule has 0 bridgehead atoms. The third-order valence-electron chi connectivity index (χ3n) is 3.51. The zero-order chi connectivity index (χ0) is 17.9. The number of aromatic nitrogens is 1. The van der Waals surface area contributed by atoms with Gasteiger partial charge in [0, 0.05) is 10.9 Å². The Kier molecular flexibility index (Phi) is 5.06. The van der Waals surface area contributed by atoms with Crippen molar-refractivity contribution in [2.24, 2.45) is 0 Å². The SMILES string of the molecule is CCOc1ccc(S(=O)(=O)Nc2ccccc2-c2csc(C)n2)cc1. The molecule has 0 saturated heterocycles. The van der Waals surface area contributed by atoms with E-state index >= 15 is 0 Å². The van der Waals surface area contributed by atoms with Crippen LogP contribution in [0.3, 0.4) is 0 Å². The van der Waals surface area contributed by atoms with Crippen LogP contribution in [0.2, 0.25) is 0 Å². The fourth-order valence-corrected chi connectivity index (χ4v) is 4.06. The van der Waals surface area contributed by atoms with Gasteiger partial charge in [0.25, 0.3) is 10.0 Å². The number of aryl methyl sites for hydroxylation is 1. The molecule has 3 aromatic rings. The first kappa shape index (κ1) is 17.4. The van der Waals surface area contributed by atoms with Gasteiger partial charge in [-0.05, 0) is 44.2 Å². The lowest BCUT2D eigenvalue weighted by Crippen LogP contribution is -2.13. The van der Waals surface area contributed by atoms with Crippen LogP contribution < -0.4 is 9.46 Å². The first-order valence-electron chi connectivity index (χ1n) is 7.77. The van der Waals surface area contributed by atoms with Gasteiger partial charge in [-0.25, -0.2) is 13.4 Å². The Balaban J connectivity index is 1.91. The lowest BCUT2D eigenvalue weighted by atomic mass is 10.1. The molecule has 5 nitrogen and oxygen atoms in total. The van der Waals surface area contributed by atoms with Gasteiger partial charge in [0.2, 0.25) is 0 Å². The molecule has 0 atom stereocenters. The molecule has 2 aromatic carbocycles. The highest BCUT2D eigenvalue weighted by molar-refractivity contribution is 7.92. The summed E-state index contributed by atoms with van der Waals surface area (Å²) in [5, 5.41) is 2.85. The number of para-hydroxylation sites is 1. The summed E-state index contributed by atoms with van der Waals surface area (Å²) in [6.07, 6.45) is 0. The van der Waals surface area contributed by atoms with Gasteiger partial charge < -0.3 is 4.74 Å². The average molecular weight is 374 g/mol. The number of nitrogens with zero attached hydrogens (tertiary/aromatic N) is 1. The summed E-state index contributed by atoms with van der Waals surface area (Å²) in [6, 6.07) is 13.6. The highest BCUT2D eigenvalue weighted by Crippen LogP contribution is 2.30. The summed E-state index contributed by atoms with van der Waals surface area (Å²) in [7, 11) is -3.70. The standard InChI is InChI=1S/C18H18N2O3S2/c1-3-23-14-8-10-15(11-9-14)25(21,22)20-17-7-5-4-6-16(17)18-12-24-13(2)19-18/h4-12,20H,3H2,1-2H3. The van der Waals surface area contributed by atoms with Gasteiger partial charge in [-0.3, -0.25) is 4.72 Å². The molecule has 0 fully saturated rings. The number of thiazole rings is 1. The van der Waals surface area contributed by atoms with E-state index in [4.69, 9.17) is 4.74 Å². The van der Waals surface area contributed by atoms with Gasteiger partial charge >= 0.3 is 0 Å². The lowest BCUT2D eigenvalue weighted by Gasteiger charge is -2.12. The maximum Gasteiger partial charge on any atom is 0.261 e. The quantitative estimate of drug-likeness (QED) is 0.698. The molecule has 25 heavy (non-hydrogen) atoms. The maximum atomic E-state index is 12.7. The predicted octanol–water partition coefficient (Wildman–Crippen LogP) is 4.32. The number of ether oxygens (including phenoxy) is 1. The third-order valence-corrected chi connectivity index (χ3v) is 5.67. The molecule has 0 aliphatic carbocycles. The molecule has 0 aliphatic rings. The van der Waals surface area contributed by atoms with Crippen molar-refractivity contribution in [3.05, 3.63) is 58.9 Å². The van der Waals surface area contributed by atoms with Crippen molar-refractivity contribution in [3.8, 4) is 17.0 Å². The van der Waals surface area contributed by atoms with Gasteiger partial charge in [-0.1, -0.05) is 18.2 Å². The zero-order valence-corrected chi connectivity index (χ0v) is 15.5. The predicted molar refractivity (Wildman–Crippen MR) is 101 cm³/mol. The first-order chi connectivity index (χ1) is 12.0. The monoisotopic (exact) mass is 374 g/mol. The van der Waals surface area contributed by atoms with Crippen LogP contribution in [-0.2, 0) is 10.0 Å². The summed E-state index contributed by atoms with van der Waals surface area (Å²) in [5.41, 5.74) is 2.01. The fourth-order valence-electron chi connectivity index (χ4n) is 2.37. The molecule has 1 aromatic heterocycles. The van der Waals surface area contributed by atoms with Gasteiger partial charge in [0.15, 0.2) is 0 Å². The highest BCUT2D eigenvalue weighted by atomic mass is 32.2. The number of sulfonamides is 1. The number of rotatable bonds is 6. The molecule has 0 saturated carbocycles. The topological polar surface area (TPSA) is 68.3 Å². The smallest absolute Gasteiger partial charge is 0.261 e. The zero-order valence-electron chi connectivity index (χ0n) is 13.9. The Hall–Kier alpha value is -2.38. The van der Waals surface area contributed by atoms with Crippen molar-refractivity contribution in [1.82, 2.24) is 4.98 Å². The van der Waals surface area contributed by atoms with E-state index in [9.17, 15) is 8.42 Å². The molecule has 1 N–H and O–H groups in total. The second-order valence-corrected chi connectivity index (χ2v) is 8.05. The summed E-state index contributed by atoms with van der Waals surface area (Å²) >= 11 is 1.53. The second kappa shape index (κ2) is 7.25. The van der Waals surface area contributed by atoms with Crippen LogP contribution in [0.25, 0.3) is 11.3 Å². The molecule has 3 rings (SSSR count). The highest BCUT2D eigenvalue weighted by Gasteiger charge is 2.17. The van der Waals surface area contributed by atoms with E-state index in [1.807, 2.05) is 31.4 Å². The van der Waals surface area contributed by atoms with Crippen LogP contribution >= 0.6 is 11.3 Å². The van der Waals surface area contributed by atoms with Crippen molar-refractivity contribution in [2.45, 2.75) is 18.7 Å². The lowest BCUT2D eigenvalue weighted by molar-refractivity contribution is 0.340. The van der Waals surface area contributed by atoms with Crippen LogP contribution in [0.15, 0.2) is 58.8 Å². The fraction of sp³-hybridized carbons (Fsp3) is 0.167. The summed E-state index contributed by atoms with van der Waals surface area (Å²) in [4.78, 5) is 4.62. The van der Waals surface area contributed by atoms with E-state index in [0.29, 0.717) is 18.0 Å². The summed E-state index contributed by atoms with van der Waals surface area (Å²) in [6.45, 7) is 4.33. The Morgan fingerprint density at radius 2 is 1.84 bits per heavy atom. The van der Waals surface area contributed by atoms with Crippen LogP contribution in [0, 0.1) is 6.92 Å². The number of hydrogen-bond acceptors (Lipinski definition) is 5. The van der Waals surface area contributed by atoms with Gasteiger partial charge in [-0.2, -0.15) is 0 Å². The van der Waals surface area contributed by atoms with Crippen molar-refractivity contribution < 1.29 is 13.2 Å². The minimum atomic E-state index is -3.70. The molecule has 0 spiro atoms. The largest absolute Gasteiger partial charge is 0.494 e. The number of nitrogens with one attached hydrogen (secondary N) is 1. The Morgan fingerprint density at radius 1 is 1.12 bits per heavy atom. The summed E-state index contributed by atoms with van der Waals surface area (Å²) in [5.74, 6) is 0.639. The average Bonchev–Trinajstić information content (AvgIpc) is 3.02. The number of hydrogen-bond donors (Lipinski definition) is 1. The third kappa shape index (κ3) is 4.00. The maximum absolute atomic E-state index is 12.7. The normalized spacial score (nSPS) is 11.3. The Labute approximate surface area is 151 Å². The molecule has 0 aliphatic heterocycles. The van der Waals surface area contributed by atoms with Crippen molar-refractivity contribution >= 4 is 27.0 Å². The van der Waals surface area contributed by atoms with Crippen molar-refractivity contribution in [2.75, 3.05) is 11.3 Å². The van der Waals surface area contributed by atoms with Crippen LogP contribution in [0.1, 0.15) is 11.9 Å². The first-order valence-corrected chi connectivity index (χ1v) is 10.1. The van der Waals surface area contributed by atoms with E-state index in [-0.39, 0.29) is 4.90 Å². The van der Waals surface area contributed by atoms with E-state index in [1.54, 1.807) is 24.3 Å². The van der Waals surface area contributed by atoms with Gasteiger partial charge in [0.1, 0.15) is 5.75 Å². The van der Waals surface area contributed by atoms with E-state index in [1.165, 1.54) is 23.5 Å². The van der Waals surface area contributed by atoms with Gasteiger partial charge in [-0.15, -0.1) is 11.3 Å². The number of anilines is 1.